The molecule has 0 heterocycles. The first-order valence-corrected chi connectivity index (χ1v) is 7.61. The van der Waals surface area contributed by atoms with Gasteiger partial charge in [0, 0.05) is 5.69 Å². The van der Waals surface area contributed by atoms with Crippen LogP contribution in [0.25, 0.3) is 0 Å². The van der Waals surface area contributed by atoms with Crippen LogP contribution in [0.15, 0.2) is 24.3 Å². The molecule has 0 unspecified atom stereocenters. The van der Waals surface area contributed by atoms with E-state index in [-0.39, 0.29) is 11.9 Å². The number of amides is 1. The van der Waals surface area contributed by atoms with E-state index in [1.54, 1.807) is 12.1 Å². The van der Waals surface area contributed by atoms with Crippen LogP contribution in [0.3, 0.4) is 0 Å². The van der Waals surface area contributed by atoms with E-state index >= 15 is 0 Å². The van der Waals surface area contributed by atoms with Crippen molar-refractivity contribution < 1.29 is 14.6 Å². The normalized spacial score (nSPS) is 22.6. The van der Waals surface area contributed by atoms with Crippen LogP contribution in [-0.4, -0.2) is 17.3 Å². The summed E-state index contributed by atoms with van der Waals surface area (Å²) in [6.07, 6.45) is 3.69. The number of benzene rings is 1. The van der Waals surface area contributed by atoms with E-state index in [0.29, 0.717) is 17.0 Å². The largest absolute Gasteiger partial charge is 0.508 e. The van der Waals surface area contributed by atoms with Gasteiger partial charge in [-0.15, -0.1) is 0 Å². The van der Waals surface area contributed by atoms with Gasteiger partial charge in [0.15, 0.2) is 0 Å². The van der Waals surface area contributed by atoms with Gasteiger partial charge in [-0.25, -0.2) is 4.79 Å². The number of rotatable bonds is 2. The summed E-state index contributed by atoms with van der Waals surface area (Å²) in [6.45, 7) is 6.82. The molecule has 1 aliphatic rings. The maximum absolute atomic E-state index is 11.8. The average Bonchev–Trinajstić information content (AvgIpc) is 2.41. The molecule has 0 aromatic heterocycles. The van der Waals surface area contributed by atoms with E-state index < -0.39 is 6.09 Å². The molecule has 2 rings (SSSR count). The molecule has 1 aromatic carbocycles. The van der Waals surface area contributed by atoms with Crippen LogP contribution < -0.4 is 5.32 Å². The lowest BCUT2D eigenvalue weighted by Gasteiger charge is -2.36. The van der Waals surface area contributed by atoms with Gasteiger partial charge in [-0.05, 0) is 61.3 Å². The Morgan fingerprint density at radius 3 is 2.24 bits per heavy atom. The summed E-state index contributed by atoms with van der Waals surface area (Å²) in [5.41, 5.74) is 0.959. The van der Waals surface area contributed by atoms with Crippen molar-refractivity contribution in [3.8, 4) is 5.75 Å². The quantitative estimate of drug-likeness (QED) is 0.786. The minimum absolute atomic E-state index is 0.0146. The SMILES string of the molecule is CC(C)(C)C1CCC(OC(=O)Nc2ccc(O)cc2)CC1. The highest BCUT2D eigenvalue weighted by atomic mass is 16.6. The number of nitrogens with one attached hydrogen (secondary N) is 1. The van der Waals surface area contributed by atoms with Crippen LogP contribution in [-0.2, 0) is 4.74 Å². The molecule has 0 atom stereocenters. The lowest BCUT2D eigenvalue weighted by Crippen LogP contribution is -2.31. The second-order valence-electron chi connectivity index (χ2n) is 6.92. The van der Waals surface area contributed by atoms with E-state index in [1.165, 1.54) is 12.1 Å². The van der Waals surface area contributed by atoms with Gasteiger partial charge in [0.2, 0.25) is 0 Å². The van der Waals surface area contributed by atoms with Gasteiger partial charge in [0.1, 0.15) is 11.9 Å². The zero-order valence-electron chi connectivity index (χ0n) is 13.1. The molecule has 0 radical (unpaired) electrons. The van der Waals surface area contributed by atoms with Crippen LogP contribution >= 0.6 is 0 Å². The summed E-state index contributed by atoms with van der Waals surface area (Å²) in [5, 5.41) is 11.9. The predicted octanol–water partition coefficient (Wildman–Crippen LogP) is 4.55. The Labute approximate surface area is 126 Å². The standard InChI is InChI=1S/C17H25NO3/c1-17(2,3)12-4-10-15(11-5-12)21-16(20)18-13-6-8-14(19)9-7-13/h6-9,12,15,19H,4-5,10-11H2,1-3H3,(H,18,20). The number of carbonyl (C=O) groups is 1. The molecular weight excluding hydrogens is 266 g/mol. The van der Waals surface area contributed by atoms with Crippen molar-refractivity contribution in [2.24, 2.45) is 11.3 Å². The molecule has 1 aliphatic carbocycles. The number of hydrogen-bond acceptors (Lipinski definition) is 3. The smallest absolute Gasteiger partial charge is 0.411 e. The molecule has 0 aliphatic heterocycles. The first kappa shape index (κ1) is 15.7. The zero-order chi connectivity index (χ0) is 15.5. The number of anilines is 1. The molecule has 4 nitrogen and oxygen atoms in total. The van der Waals surface area contributed by atoms with Crippen LogP contribution in [0.4, 0.5) is 10.5 Å². The van der Waals surface area contributed by atoms with Gasteiger partial charge in [0.05, 0.1) is 0 Å². The van der Waals surface area contributed by atoms with E-state index in [4.69, 9.17) is 4.74 Å². The second-order valence-corrected chi connectivity index (χ2v) is 6.92. The number of aromatic hydroxyl groups is 1. The Kier molecular flexibility index (Phi) is 4.76. The monoisotopic (exact) mass is 291 g/mol. The molecule has 21 heavy (non-hydrogen) atoms. The van der Waals surface area contributed by atoms with Crippen LogP contribution in [0.2, 0.25) is 0 Å². The predicted molar refractivity (Wildman–Crippen MR) is 83.4 cm³/mol. The summed E-state index contributed by atoms with van der Waals surface area (Å²) in [6, 6.07) is 6.36. The Bertz CT molecular complexity index is 468. The molecule has 116 valence electrons. The lowest BCUT2D eigenvalue weighted by molar-refractivity contribution is 0.0528. The molecule has 1 saturated carbocycles. The maximum atomic E-state index is 11.8. The van der Waals surface area contributed by atoms with Crippen LogP contribution in [0, 0.1) is 11.3 Å². The first-order chi connectivity index (χ1) is 9.84. The number of hydrogen-bond donors (Lipinski definition) is 2. The number of ether oxygens (including phenoxy) is 1. The fourth-order valence-electron chi connectivity index (χ4n) is 2.89. The highest BCUT2D eigenvalue weighted by Gasteiger charge is 2.31. The Morgan fingerprint density at radius 1 is 1.14 bits per heavy atom. The van der Waals surface area contributed by atoms with E-state index in [1.807, 2.05) is 0 Å². The third kappa shape index (κ3) is 4.66. The van der Waals surface area contributed by atoms with Crippen molar-refractivity contribution in [1.29, 1.82) is 0 Å². The van der Waals surface area contributed by atoms with Crippen molar-refractivity contribution in [3.05, 3.63) is 24.3 Å². The number of carbonyl (C=O) groups excluding carboxylic acids is 1. The molecular formula is C17H25NO3. The van der Waals surface area contributed by atoms with Gasteiger partial charge in [-0.3, -0.25) is 5.32 Å². The summed E-state index contributed by atoms with van der Waals surface area (Å²) < 4.78 is 5.47. The Hall–Kier alpha value is -1.71. The van der Waals surface area contributed by atoms with E-state index in [0.717, 1.165) is 25.7 Å². The molecule has 4 heteroatoms. The van der Waals surface area contributed by atoms with Crippen molar-refractivity contribution in [2.45, 2.75) is 52.6 Å². The summed E-state index contributed by atoms with van der Waals surface area (Å²) in [7, 11) is 0. The van der Waals surface area contributed by atoms with Crippen molar-refractivity contribution >= 4 is 11.8 Å². The zero-order valence-corrected chi connectivity index (χ0v) is 13.1. The van der Waals surface area contributed by atoms with E-state index in [9.17, 15) is 9.90 Å². The van der Waals surface area contributed by atoms with Crippen LogP contribution in [0.1, 0.15) is 46.5 Å². The fraction of sp³-hybridized carbons (Fsp3) is 0.588. The topological polar surface area (TPSA) is 58.6 Å². The van der Waals surface area contributed by atoms with Gasteiger partial charge < -0.3 is 9.84 Å². The number of phenols is 1. The van der Waals surface area contributed by atoms with Gasteiger partial charge in [-0.1, -0.05) is 20.8 Å². The molecule has 0 bridgehead atoms. The minimum atomic E-state index is -0.417. The second kappa shape index (κ2) is 6.37. The molecule has 1 amide bonds. The first-order valence-electron chi connectivity index (χ1n) is 7.61. The van der Waals surface area contributed by atoms with Gasteiger partial charge >= 0.3 is 6.09 Å². The highest BCUT2D eigenvalue weighted by molar-refractivity contribution is 5.84. The highest BCUT2D eigenvalue weighted by Crippen LogP contribution is 2.38. The Morgan fingerprint density at radius 2 is 1.71 bits per heavy atom. The molecule has 2 N–H and O–H groups in total. The van der Waals surface area contributed by atoms with Crippen LogP contribution in [0.5, 0.6) is 5.75 Å². The molecule has 1 aromatic rings. The summed E-state index contributed by atoms with van der Waals surface area (Å²) in [5.74, 6) is 0.881. The van der Waals surface area contributed by atoms with Crippen molar-refractivity contribution in [1.82, 2.24) is 0 Å². The van der Waals surface area contributed by atoms with Gasteiger partial charge in [-0.2, -0.15) is 0 Å². The third-order valence-electron chi connectivity index (χ3n) is 4.29. The Balaban J connectivity index is 1.78. The summed E-state index contributed by atoms with van der Waals surface area (Å²) >= 11 is 0. The molecule has 1 fully saturated rings. The minimum Gasteiger partial charge on any atom is -0.508 e. The molecule has 0 saturated heterocycles. The van der Waals surface area contributed by atoms with Gasteiger partial charge in [0.25, 0.3) is 0 Å². The van der Waals surface area contributed by atoms with Crippen molar-refractivity contribution in [3.63, 3.8) is 0 Å². The average molecular weight is 291 g/mol. The van der Waals surface area contributed by atoms with Crippen molar-refractivity contribution in [2.75, 3.05) is 5.32 Å². The third-order valence-corrected chi connectivity index (χ3v) is 4.29. The maximum Gasteiger partial charge on any atom is 0.411 e. The lowest BCUT2D eigenvalue weighted by atomic mass is 9.72. The summed E-state index contributed by atoms with van der Waals surface area (Å²) in [4.78, 5) is 11.8. The van der Waals surface area contributed by atoms with E-state index in [2.05, 4.69) is 26.1 Å². The fourth-order valence-corrected chi connectivity index (χ4v) is 2.89. The number of phenolic OH excluding ortho intramolecular Hbond substituents is 1. The molecule has 0 spiro atoms.